The zero-order chi connectivity index (χ0) is 22.2. The summed E-state index contributed by atoms with van der Waals surface area (Å²) in [5.74, 6) is 1.93. The molecule has 0 saturated heterocycles. The average Bonchev–Trinajstić information content (AvgIpc) is 3.62. The van der Waals surface area contributed by atoms with E-state index in [0.717, 1.165) is 51.2 Å². The molecule has 0 bridgehead atoms. The van der Waals surface area contributed by atoms with Crippen LogP contribution in [0.25, 0.3) is 33.3 Å². The molecular formula is C28H28ClN3. The lowest BCUT2D eigenvalue weighted by atomic mass is 10.0. The highest BCUT2D eigenvalue weighted by atomic mass is 35.5. The van der Waals surface area contributed by atoms with Crippen molar-refractivity contribution >= 4 is 28.3 Å². The van der Waals surface area contributed by atoms with Gasteiger partial charge in [0, 0.05) is 40.3 Å². The van der Waals surface area contributed by atoms with Crippen LogP contribution in [0.1, 0.15) is 32.3 Å². The molecule has 1 aliphatic carbocycles. The predicted octanol–water partition coefficient (Wildman–Crippen LogP) is 7.55. The van der Waals surface area contributed by atoms with Crippen LogP contribution in [-0.2, 0) is 0 Å². The van der Waals surface area contributed by atoms with Crippen molar-refractivity contribution in [2.24, 2.45) is 5.92 Å². The monoisotopic (exact) mass is 441 g/mol. The van der Waals surface area contributed by atoms with Crippen molar-refractivity contribution in [3.8, 4) is 22.4 Å². The van der Waals surface area contributed by atoms with Crippen molar-refractivity contribution in [2.45, 2.75) is 39.7 Å². The number of nitrogens with zero attached hydrogens (tertiary/aromatic N) is 3. The molecule has 4 heteroatoms. The summed E-state index contributed by atoms with van der Waals surface area (Å²) in [6.45, 7) is 7.81. The summed E-state index contributed by atoms with van der Waals surface area (Å²) in [6.07, 6.45) is 4.63. The van der Waals surface area contributed by atoms with E-state index < -0.39 is 0 Å². The molecule has 162 valence electrons. The third-order valence-corrected chi connectivity index (χ3v) is 6.56. The lowest BCUT2D eigenvalue weighted by molar-refractivity contribution is 0.637. The van der Waals surface area contributed by atoms with Crippen molar-refractivity contribution in [3.63, 3.8) is 0 Å². The first-order valence-corrected chi connectivity index (χ1v) is 11.8. The Hall–Kier alpha value is -2.91. The molecule has 2 aromatic carbocycles. The Balaban J connectivity index is 1.45. The fraction of sp³-hybridized carbons (Fsp3) is 0.286. The van der Waals surface area contributed by atoms with Gasteiger partial charge in [0.2, 0.25) is 0 Å². The van der Waals surface area contributed by atoms with Crippen LogP contribution in [0.15, 0.2) is 66.9 Å². The number of benzene rings is 2. The molecule has 0 unspecified atom stereocenters. The molecule has 0 aliphatic heterocycles. The predicted molar refractivity (Wildman–Crippen MR) is 135 cm³/mol. The van der Waals surface area contributed by atoms with E-state index in [1.807, 2.05) is 30.5 Å². The number of hydrogen-bond donors (Lipinski definition) is 0. The zero-order valence-corrected chi connectivity index (χ0v) is 19.6. The minimum Gasteiger partial charge on any atom is -0.354 e. The Kier molecular flexibility index (Phi) is 5.60. The standard InChI is InChI=1S/C28H28ClN3/c1-18(2)32(17-20-4-5-20)28-14-19(3)25-15-22(8-13-27(25)31-28)26-12-9-23(16-30-26)21-6-10-24(29)11-7-21/h6-16,18,20H,4-5,17H2,1-3H3. The SMILES string of the molecule is Cc1cc(N(CC2CC2)C(C)C)nc2ccc(-c3ccc(-c4ccc(Cl)cc4)cn3)cc12. The van der Waals surface area contributed by atoms with Crippen LogP contribution >= 0.6 is 11.6 Å². The van der Waals surface area contributed by atoms with Gasteiger partial charge in [-0.3, -0.25) is 4.98 Å². The fourth-order valence-corrected chi connectivity index (χ4v) is 4.33. The zero-order valence-electron chi connectivity index (χ0n) is 18.8. The number of aromatic nitrogens is 2. The van der Waals surface area contributed by atoms with Crippen molar-refractivity contribution in [1.29, 1.82) is 0 Å². The van der Waals surface area contributed by atoms with Gasteiger partial charge in [-0.05, 0) is 87.1 Å². The maximum Gasteiger partial charge on any atom is 0.129 e. The Labute approximate surface area is 195 Å². The molecule has 3 nitrogen and oxygen atoms in total. The second kappa shape index (κ2) is 8.55. The Morgan fingerprint density at radius 1 is 0.938 bits per heavy atom. The van der Waals surface area contributed by atoms with E-state index >= 15 is 0 Å². The molecule has 0 amide bonds. The summed E-state index contributed by atoms with van der Waals surface area (Å²) in [4.78, 5) is 12.2. The van der Waals surface area contributed by atoms with Crippen LogP contribution in [0.2, 0.25) is 5.02 Å². The van der Waals surface area contributed by atoms with E-state index in [-0.39, 0.29) is 0 Å². The molecule has 2 aromatic heterocycles. The third kappa shape index (κ3) is 4.35. The summed E-state index contributed by atoms with van der Waals surface area (Å²) in [7, 11) is 0. The van der Waals surface area contributed by atoms with E-state index in [1.165, 1.54) is 23.8 Å². The normalized spacial score (nSPS) is 13.7. The summed E-state index contributed by atoms with van der Waals surface area (Å²) < 4.78 is 0. The minimum atomic E-state index is 0.447. The van der Waals surface area contributed by atoms with Gasteiger partial charge in [0.1, 0.15) is 5.82 Å². The van der Waals surface area contributed by atoms with E-state index in [4.69, 9.17) is 21.6 Å². The molecule has 32 heavy (non-hydrogen) atoms. The lowest BCUT2D eigenvalue weighted by Gasteiger charge is -2.28. The molecule has 1 saturated carbocycles. The molecule has 1 aliphatic rings. The topological polar surface area (TPSA) is 29.0 Å². The molecule has 0 spiro atoms. The molecule has 0 N–H and O–H groups in total. The highest BCUT2D eigenvalue weighted by Crippen LogP contribution is 2.34. The summed E-state index contributed by atoms with van der Waals surface area (Å²) in [6, 6.07) is 21.2. The first kappa shape index (κ1) is 21.0. The fourth-order valence-electron chi connectivity index (χ4n) is 4.21. The number of fused-ring (bicyclic) bond motifs is 1. The van der Waals surface area contributed by atoms with Crippen LogP contribution in [0.4, 0.5) is 5.82 Å². The summed E-state index contributed by atoms with van der Waals surface area (Å²) in [5, 5.41) is 1.93. The van der Waals surface area contributed by atoms with Crippen LogP contribution in [0.3, 0.4) is 0 Å². The summed E-state index contributed by atoms with van der Waals surface area (Å²) in [5.41, 5.74) is 6.56. The number of aryl methyl sites for hydroxylation is 1. The van der Waals surface area contributed by atoms with Gasteiger partial charge >= 0.3 is 0 Å². The Morgan fingerprint density at radius 2 is 1.66 bits per heavy atom. The number of pyridine rings is 2. The molecule has 5 rings (SSSR count). The van der Waals surface area contributed by atoms with E-state index in [1.54, 1.807) is 0 Å². The Bertz CT molecular complexity index is 1240. The number of hydrogen-bond acceptors (Lipinski definition) is 3. The smallest absolute Gasteiger partial charge is 0.129 e. The van der Waals surface area contributed by atoms with Crippen LogP contribution in [-0.4, -0.2) is 22.6 Å². The van der Waals surface area contributed by atoms with Gasteiger partial charge in [-0.15, -0.1) is 0 Å². The van der Waals surface area contributed by atoms with Gasteiger partial charge < -0.3 is 4.90 Å². The molecule has 2 heterocycles. The second-order valence-corrected chi connectivity index (χ2v) is 9.59. The largest absolute Gasteiger partial charge is 0.354 e. The molecule has 0 atom stereocenters. The maximum absolute atomic E-state index is 6.01. The highest BCUT2D eigenvalue weighted by Gasteiger charge is 2.26. The summed E-state index contributed by atoms with van der Waals surface area (Å²) >= 11 is 6.01. The quantitative estimate of drug-likeness (QED) is 0.309. The first-order chi connectivity index (χ1) is 15.5. The van der Waals surface area contributed by atoms with Crippen molar-refractivity contribution in [1.82, 2.24) is 9.97 Å². The average molecular weight is 442 g/mol. The molecular weight excluding hydrogens is 414 g/mol. The van der Waals surface area contributed by atoms with Gasteiger partial charge in [0.15, 0.2) is 0 Å². The van der Waals surface area contributed by atoms with Gasteiger partial charge in [-0.1, -0.05) is 35.9 Å². The van der Waals surface area contributed by atoms with E-state index in [2.05, 4.69) is 62.1 Å². The minimum absolute atomic E-state index is 0.447. The lowest BCUT2D eigenvalue weighted by Crippen LogP contribution is -2.33. The van der Waals surface area contributed by atoms with Crippen LogP contribution in [0, 0.1) is 12.8 Å². The van der Waals surface area contributed by atoms with Gasteiger partial charge in [0.05, 0.1) is 11.2 Å². The van der Waals surface area contributed by atoms with Crippen LogP contribution < -0.4 is 4.90 Å². The number of halogens is 1. The molecule has 4 aromatic rings. The number of rotatable bonds is 6. The first-order valence-electron chi connectivity index (χ1n) is 11.4. The number of anilines is 1. The molecule has 0 radical (unpaired) electrons. The Morgan fingerprint density at radius 3 is 2.31 bits per heavy atom. The third-order valence-electron chi connectivity index (χ3n) is 6.31. The maximum atomic E-state index is 6.01. The molecule has 1 fully saturated rings. The van der Waals surface area contributed by atoms with Gasteiger partial charge in [-0.25, -0.2) is 4.98 Å². The van der Waals surface area contributed by atoms with Crippen LogP contribution in [0.5, 0.6) is 0 Å². The van der Waals surface area contributed by atoms with E-state index in [0.29, 0.717) is 6.04 Å². The van der Waals surface area contributed by atoms with Crippen molar-refractivity contribution in [3.05, 3.63) is 77.4 Å². The highest BCUT2D eigenvalue weighted by molar-refractivity contribution is 6.30. The van der Waals surface area contributed by atoms with E-state index in [9.17, 15) is 0 Å². The second-order valence-electron chi connectivity index (χ2n) is 9.16. The van der Waals surface area contributed by atoms with Gasteiger partial charge in [0.25, 0.3) is 0 Å². The van der Waals surface area contributed by atoms with Crippen molar-refractivity contribution < 1.29 is 0 Å². The van der Waals surface area contributed by atoms with Gasteiger partial charge in [-0.2, -0.15) is 0 Å². The van der Waals surface area contributed by atoms with Crippen molar-refractivity contribution in [2.75, 3.05) is 11.4 Å².